The van der Waals surface area contributed by atoms with Crippen molar-refractivity contribution in [2.45, 2.75) is 46.1 Å². The second kappa shape index (κ2) is 6.29. The molecular weight excluding hydrogens is 266 g/mol. The van der Waals surface area contributed by atoms with Crippen LogP contribution in [0.1, 0.15) is 46.3 Å². The van der Waals surface area contributed by atoms with E-state index in [0.29, 0.717) is 13.0 Å². The Morgan fingerprint density at radius 3 is 2.33 bits per heavy atom. The van der Waals surface area contributed by atoms with E-state index in [0.717, 1.165) is 35.1 Å². The highest BCUT2D eigenvalue weighted by Gasteiger charge is 2.34. The van der Waals surface area contributed by atoms with Crippen molar-refractivity contribution in [3.05, 3.63) is 34.4 Å². The summed E-state index contributed by atoms with van der Waals surface area (Å²) in [7, 11) is 1.38. The van der Waals surface area contributed by atoms with E-state index in [2.05, 4.69) is 0 Å². The van der Waals surface area contributed by atoms with Gasteiger partial charge in [-0.05, 0) is 51.2 Å². The van der Waals surface area contributed by atoms with Gasteiger partial charge in [0.25, 0.3) is 5.91 Å². The topological polar surface area (TPSA) is 46.6 Å². The number of esters is 1. The maximum absolute atomic E-state index is 12.9. The van der Waals surface area contributed by atoms with E-state index in [1.54, 1.807) is 4.90 Å². The second-order valence-electron chi connectivity index (χ2n) is 5.81. The highest BCUT2D eigenvalue weighted by atomic mass is 16.5. The van der Waals surface area contributed by atoms with Gasteiger partial charge in [0.2, 0.25) is 0 Å². The number of amides is 1. The van der Waals surface area contributed by atoms with Gasteiger partial charge in [-0.2, -0.15) is 0 Å². The summed E-state index contributed by atoms with van der Waals surface area (Å²) >= 11 is 0. The van der Waals surface area contributed by atoms with Crippen molar-refractivity contribution >= 4 is 11.9 Å². The summed E-state index contributed by atoms with van der Waals surface area (Å²) in [6.07, 6.45) is 2.57. The summed E-state index contributed by atoms with van der Waals surface area (Å²) in [4.78, 5) is 26.5. The molecule has 0 bridgehead atoms. The predicted octanol–water partition coefficient (Wildman–Crippen LogP) is 2.78. The monoisotopic (exact) mass is 289 g/mol. The predicted molar refractivity (Wildman–Crippen MR) is 81.3 cm³/mol. The van der Waals surface area contributed by atoms with Crippen LogP contribution in [0.5, 0.6) is 0 Å². The van der Waals surface area contributed by atoms with Crippen LogP contribution in [0.25, 0.3) is 0 Å². The summed E-state index contributed by atoms with van der Waals surface area (Å²) in [5.74, 6) is -0.370. The number of nitrogens with zero attached hydrogens (tertiary/aromatic N) is 1. The maximum atomic E-state index is 12.9. The van der Waals surface area contributed by atoms with Crippen molar-refractivity contribution in [3.63, 3.8) is 0 Å². The first-order valence-corrected chi connectivity index (χ1v) is 7.42. The van der Waals surface area contributed by atoms with Crippen LogP contribution in [0, 0.1) is 20.8 Å². The van der Waals surface area contributed by atoms with Gasteiger partial charge in [-0.3, -0.25) is 4.79 Å². The second-order valence-corrected chi connectivity index (χ2v) is 5.81. The summed E-state index contributed by atoms with van der Waals surface area (Å²) < 4.78 is 4.85. The molecule has 114 valence electrons. The van der Waals surface area contributed by atoms with Crippen molar-refractivity contribution in [3.8, 4) is 0 Å². The van der Waals surface area contributed by atoms with Crippen LogP contribution in [-0.2, 0) is 9.53 Å². The average molecular weight is 289 g/mol. The minimum absolute atomic E-state index is 0.0555. The molecule has 4 heteroatoms. The maximum Gasteiger partial charge on any atom is 0.328 e. The number of piperidine rings is 1. The summed E-state index contributed by atoms with van der Waals surface area (Å²) in [5.41, 5.74) is 3.79. The Kier molecular flexibility index (Phi) is 4.66. The largest absolute Gasteiger partial charge is 0.467 e. The molecule has 2 rings (SSSR count). The number of hydrogen-bond acceptors (Lipinski definition) is 3. The zero-order valence-corrected chi connectivity index (χ0v) is 13.2. The lowest BCUT2D eigenvalue weighted by molar-refractivity contribution is -0.147. The number of aryl methyl sites for hydroxylation is 3. The van der Waals surface area contributed by atoms with Crippen molar-refractivity contribution < 1.29 is 14.3 Å². The Labute approximate surface area is 126 Å². The zero-order valence-electron chi connectivity index (χ0n) is 13.2. The molecule has 1 fully saturated rings. The highest BCUT2D eigenvalue weighted by molar-refractivity contribution is 5.99. The fourth-order valence-corrected chi connectivity index (χ4v) is 3.22. The van der Waals surface area contributed by atoms with E-state index in [9.17, 15) is 9.59 Å². The Hall–Kier alpha value is -1.84. The first-order valence-electron chi connectivity index (χ1n) is 7.42. The molecule has 21 heavy (non-hydrogen) atoms. The van der Waals surface area contributed by atoms with Crippen LogP contribution >= 0.6 is 0 Å². The summed E-state index contributed by atoms with van der Waals surface area (Å²) in [5, 5.41) is 0. The number of methoxy groups -OCH3 is 1. The molecule has 1 atom stereocenters. The van der Waals surface area contributed by atoms with Crippen molar-refractivity contribution in [2.24, 2.45) is 0 Å². The van der Waals surface area contributed by atoms with Crippen LogP contribution in [-0.4, -0.2) is 36.5 Å². The Morgan fingerprint density at radius 1 is 1.14 bits per heavy atom. The molecule has 1 aliphatic heterocycles. The molecule has 4 nitrogen and oxygen atoms in total. The first-order chi connectivity index (χ1) is 9.95. The van der Waals surface area contributed by atoms with E-state index < -0.39 is 6.04 Å². The third-order valence-corrected chi connectivity index (χ3v) is 4.13. The summed E-state index contributed by atoms with van der Waals surface area (Å²) in [6.45, 7) is 6.53. The van der Waals surface area contributed by atoms with Crippen LogP contribution < -0.4 is 0 Å². The normalized spacial score (nSPS) is 18.5. The quantitative estimate of drug-likeness (QED) is 0.787. The van der Waals surface area contributed by atoms with Gasteiger partial charge in [0, 0.05) is 12.1 Å². The molecule has 0 aliphatic carbocycles. The van der Waals surface area contributed by atoms with E-state index in [4.69, 9.17) is 4.74 Å². The highest BCUT2D eigenvalue weighted by Crippen LogP contribution is 2.24. The van der Waals surface area contributed by atoms with Crippen molar-refractivity contribution in [2.75, 3.05) is 13.7 Å². The van der Waals surface area contributed by atoms with Gasteiger partial charge in [0.15, 0.2) is 0 Å². The molecule has 1 amide bonds. The van der Waals surface area contributed by atoms with Crippen molar-refractivity contribution in [1.29, 1.82) is 0 Å². The number of likely N-dealkylation sites (tertiary alicyclic amines) is 1. The molecule has 1 heterocycles. The fourth-order valence-electron chi connectivity index (χ4n) is 3.22. The fraction of sp³-hybridized carbons (Fsp3) is 0.529. The average Bonchev–Trinajstić information content (AvgIpc) is 2.45. The summed E-state index contributed by atoms with van der Waals surface area (Å²) in [6, 6.07) is 3.57. The number of ether oxygens (including phenoxy) is 1. The Morgan fingerprint density at radius 2 is 1.76 bits per heavy atom. The minimum Gasteiger partial charge on any atom is -0.467 e. The van der Waals surface area contributed by atoms with Gasteiger partial charge >= 0.3 is 5.97 Å². The third-order valence-electron chi connectivity index (χ3n) is 4.13. The molecule has 0 N–H and O–H groups in total. The Bertz CT molecular complexity index is 542. The van der Waals surface area contributed by atoms with E-state index in [1.165, 1.54) is 7.11 Å². The zero-order chi connectivity index (χ0) is 15.6. The molecular formula is C17H23NO3. The van der Waals surface area contributed by atoms with Gasteiger partial charge in [-0.25, -0.2) is 4.79 Å². The van der Waals surface area contributed by atoms with E-state index in [1.807, 2.05) is 32.9 Å². The molecule has 0 saturated carbocycles. The van der Waals surface area contributed by atoms with Gasteiger partial charge in [0.05, 0.1) is 7.11 Å². The number of carbonyl (C=O) groups is 2. The molecule has 1 saturated heterocycles. The standard InChI is InChI=1S/C17H23NO3/c1-11-9-12(2)15(13(3)10-11)16(19)18-8-6-5-7-14(18)17(20)21-4/h9-10,14H,5-8H2,1-4H3. The SMILES string of the molecule is COC(=O)C1CCCCN1C(=O)c1c(C)cc(C)cc1C. The minimum atomic E-state index is -0.448. The molecule has 1 aromatic carbocycles. The van der Waals surface area contributed by atoms with E-state index in [-0.39, 0.29) is 11.9 Å². The van der Waals surface area contributed by atoms with Gasteiger partial charge in [-0.15, -0.1) is 0 Å². The molecule has 1 aromatic rings. The van der Waals surface area contributed by atoms with E-state index >= 15 is 0 Å². The lowest BCUT2D eigenvalue weighted by Crippen LogP contribution is -2.48. The van der Waals surface area contributed by atoms with Crippen LogP contribution in [0.4, 0.5) is 0 Å². The first kappa shape index (κ1) is 15.5. The number of hydrogen-bond donors (Lipinski definition) is 0. The number of rotatable bonds is 2. The third kappa shape index (κ3) is 3.09. The lowest BCUT2D eigenvalue weighted by Gasteiger charge is -2.34. The van der Waals surface area contributed by atoms with Crippen molar-refractivity contribution in [1.82, 2.24) is 4.90 Å². The number of benzene rings is 1. The molecule has 1 aliphatic rings. The smallest absolute Gasteiger partial charge is 0.328 e. The van der Waals surface area contributed by atoms with Gasteiger partial charge in [-0.1, -0.05) is 17.7 Å². The van der Waals surface area contributed by atoms with Crippen LogP contribution in [0.3, 0.4) is 0 Å². The molecule has 1 unspecified atom stereocenters. The molecule has 0 spiro atoms. The van der Waals surface area contributed by atoms with Gasteiger partial charge < -0.3 is 9.64 Å². The molecule has 0 aromatic heterocycles. The Balaban J connectivity index is 2.36. The number of carbonyl (C=O) groups excluding carboxylic acids is 2. The van der Waals surface area contributed by atoms with Crippen LogP contribution in [0.15, 0.2) is 12.1 Å². The lowest BCUT2D eigenvalue weighted by atomic mass is 9.95. The molecule has 0 radical (unpaired) electrons. The van der Waals surface area contributed by atoms with Crippen LogP contribution in [0.2, 0.25) is 0 Å². The van der Waals surface area contributed by atoms with Gasteiger partial charge in [0.1, 0.15) is 6.04 Å².